The van der Waals surface area contributed by atoms with E-state index in [1.165, 1.54) is 0 Å². The lowest BCUT2D eigenvalue weighted by atomic mass is 9.90. The van der Waals surface area contributed by atoms with Gasteiger partial charge < -0.3 is 10.6 Å². The third-order valence-electron chi connectivity index (χ3n) is 7.22. The second-order valence-electron chi connectivity index (χ2n) is 11.9. The Morgan fingerprint density at radius 1 is 0.714 bits per heavy atom. The highest BCUT2D eigenvalue weighted by atomic mass is 15.3. The molecule has 214 valence electrons. The van der Waals surface area contributed by atoms with E-state index in [1.807, 2.05) is 55.4 Å². The fourth-order valence-electron chi connectivity index (χ4n) is 5.27. The van der Waals surface area contributed by atoms with Crippen molar-refractivity contribution in [2.75, 3.05) is 10.6 Å². The van der Waals surface area contributed by atoms with Crippen LogP contribution in [0.1, 0.15) is 76.5 Å². The van der Waals surface area contributed by atoms with E-state index in [2.05, 4.69) is 81.3 Å². The second-order valence-corrected chi connectivity index (χ2v) is 11.9. The average Bonchev–Trinajstić information content (AvgIpc) is 3.31. The Bertz CT molecular complexity index is 1760. The van der Waals surface area contributed by atoms with Gasteiger partial charge in [-0.3, -0.25) is 5.10 Å². The van der Waals surface area contributed by atoms with Crippen LogP contribution in [-0.4, -0.2) is 15.2 Å². The zero-order chi connectivity index (χ0) is 30.9. The van der Waals surface area contributed by atoms with Crippen molar-refractivity contribution < 1.29 is 0 Å². The number of nitrogens with zero attached hydrogens (tertiary/aromatic N) is 6. The molecule has 42 heavy (non-hydrogen) atoms. The average molecular weight is 560 g/mol. The Kier molecular flexibility index (Phi) is 8.17. The first-order chi connectivity index (χ1) is 19.7. The van der Waals surface area contributed by atoms with Gasteiger partial charge in [0.15, 0.2) is 11.6 Å². The summed E-state index contributed by atoms with van der Waals surface area (Å²) < 4.78 is 0. The van der Waals surface area contributed by atoms with Crippen LogP contribution in [0.25, 0.3) is 0 Å². The van der Waals surface area contributed by atoms with Crippen LogP contribution in [0.2, 0.25) is 0 Å². The van der Waals surface area contributed by atoms with E-state index in [-0.39, 0.29) is 11.2 Å². The van der Waals surface area contributed by atoms with Gasteiger partial charge in [-0.05, 0) is 70.7 Å². The van der Waals surface area contributed by atoms with E-state index in [4.69, 9.17) is 4.98 Å². The molecule has 0 bridgehead atoms. The highest BCUT2D eigenvalue weighted by Gasteiger charge is 2.25. The number of benzene rings is 2. The van der Waals surface area contributed by atoms with E-state index < -0.39 is 0 Å². The Morgan fingerprint density at radius 2 is 1.19 bits per heavy atom. The zero-order valence-corrected chi connectivity index (χ0v) is 26.0. The summed E-state index contributed by atoms with van der Waals surface area (Å²) >= 11 is 0. The van der Waals surface area contributed by atoms with E-state index in [0.29, 0.717) is 39.7 Å². The summed E-state index contributed by atoms with van der Waals surface area (Å²) in [6, 6.07) is 12.9. The molecule has 0 aliphatic rings. The summed E-state index contributed by atoms with van der Waals surface area (Å²) in [4.78, 5) is 4.91. The van der Waals surface area contributed by atoms with Crippen molar-refractivity contribution in [2.45, 2.75) is 74.7 Å². The summed E-state index contributed by atoms with van der Waals surface area (Å²) in [6.07, 6.45) is 0. The number of nitrogens with one attached hydrogen (secondary N) is 3. The molecule has 0 aliphatic heterocycles. The summed E-state index contributed by atoms with van der Waals surface area (Å²) in [7, 11) is 0. The van der Waals surface area contributed by atoms with Crippen LogP contribution in [-0.2, 0) is 5.41 Å². The molecule has 0 spiro atoms. The van der Waals surface area contributed by atoms with Gasteiger partial charge in [0.05, 0.1) is 11.3 Å². The van der Waals surface area contributed by atoms with Crippen LogP contribution in [0.5, 0.6) is 0 Å². The first kappa shape index (κ1) is 30.0. The predicted molar refractivity (Wildman–Crippen MR) is 168 cm³/mol. The molecule has 0 atom stereocenters. The summed E-state index contributed by atoms with van der Waals surface area (Å²) in [5.74, 6) is 1.03. The maximum Gasteiger partial charge on any atom is 0.213 e. The van der Waals surface area contributed by atoms with Crippen molar-refractivity contribution in [1.29, 1.82) is 10.5 Å². The third-order valence-corrected chi connectivity index (χ3v) is 7.22. The predicted octanol–water partition coefficient (Wildman–Crippen LogP) is 8.91. The normalized spacial score (nSPS) is 11.4. The Morgan fingerprint density at radius 3 is 1.64 bits per heavy atom. The molecule has 0 fully saturated rings. The minimum Gasteiger partial charge on any atom is -0.339 e. The molecule has 3 N–H and O–H groups in total. The Labute approximate surface area is 247 Å². The number of rotatable bonds is 6. The van der Waals surface area contributed by atoms with Gasteiger partial charge >= 0.3 is 0 Å². The van der Waals surface area contributed by atoms with E-state index in [9.17, 15) is 10.5 Å². The molecule has 0 saturated carbocycles. The fraction of sp³-hybridized carbons (Fsp3) is 0.333. The van der Waals surface area contributed by atoms with Gasteiger partial charge in [-0.2, -0.15) is 15.6 Å². The Balaban J connectivity index is 1.93. The highest BCUT2D eigenvalue weighted by Crippen LogP contribution is 2.40. The summed E-state index contributed by atoms with van der Waals surface area (Å²) in [6.45, 7) is 20.1. The topological polar surface area (TPSA) is 138 Å². The summed E-state index contributed by atoms with van der Waals surface area (Å²) in [5.41, 5.74) is 10.3. The van der Waals surface area contributed by atoms with Crippen LogP contribution in [0, 0.1) is 71.1 Å². The van der Waals surface area contributed by atoms with Crippen molar-refractivity contribution in [2.24, 2.45) is 10.2 Å². The van der Waals surface area contributed by atoms with Gasteiger partial charge in [0.25, 0.3) is 0 Å². The number of anilines is 4. The molecular weight excluding hydrogens is 522 g/mol. The molecular formula is C33H37N9. The fourth-order valence-corrected chi connectivity index (χ4v) is 5.27. The molecule has 0 saturated heterocycles. The number of nitriles is 2. The Hall–Kier alpha value is -5.02. The van der Waals surface area contributed by atoms with E-state index in [1.54, 1.807) is 0 Å². The number of azo groups is 1. The molecule has 9 heteroatoms. The first-order valence-electron chi connectivity index (χ1n) is 13.8. The number of H-pyrrole nitrogens is 1. The second kappa shape index (κ2) is 11.5. The van der Waals surface area contributed by atoms with Crippen molar-refractivity contribution in [3.63, 3.8) is 0 Å². The molecule has 2 aromatic carbocycles. The highest BCUT2D eigenvalue weighted by molar-refractivity contribution is 5.81. The lowest BCUT2D eigenvalue weighted by Gasteiger charge is -2.19. The number of aryl methyl sites for hydroxylation is 6. The molecule has 4 aromatic rings. The molecule has 2 aromatic heterocycles. The lowest BCUT2D eigenvalue weighted by molar-refractivity contribution is 0.565. The van der Waals surface area contributed by atoms with Crippen molar-refractivity contribution in [3.05, 3.63) is 80.0 Å². The molecule has 0 radical (unpaired) electrons. The van der Waals surface area contributed by atoms with Gasteiger partial charge in [-0.15, -0.1) is 10.2 Å². The van der Waals surface area contributed by atoms with Gasteiger partial charge in [-0.25, -0.2) is 4.98 Å². The third kappa shape index (κ3) is 5.87. The number of aromatic amines is 1. The van der Waals surface area contributed by atoms with Crippen LogP contribution in [0.3, 0.4) is 0 Å². The lowest BCUT2D eigenvalue weighted by Crippen LogP contribution is -2.13. The molecule has 9 nitrogen and oxygen atoms in total. The zero-order valence-electron chi connectivity index (χ0n) is 26.0. The first-order valence-corrected chi connectivity index (χ1v) is 13.8. The number of aromatic nitrogens is 3. The quantitative estimate of drug-likeness (QED) is 0.202. The molecule has 4 rings (SSSR count). The summed E-state index contributed by atoms with van der Waals surface area (Å²) in [5, 5.41) is 43.2. The van der Waals surface area contributed by atoms with Crippen LogP contribution < -0.4 is 10.6 Å². The maximum atomic E-state index is 10.3. The van der Waals surface area contributed by atoms with Crippen molar-refractivity contribution >= 4 is 34.5 Å². The van der Waals surface area contributed by atoms with Gasteiger partial charge in [-0.1, -0.05) is 56.2 Å². The van der Waals surface area contributed by atoms with Crippen molar-refractivity contribution in [1.82, 2.24) is 15.2 Å². The molecule has 0 aliphatic carbocycles. The van der Waals surface area contributed by atoms with Gasteiger partial charge in [0, 0.05) is 22.4 Å². The molecule has 0 amide bonds. The maximum absolute atomic E-state index is 10.3. The van der Waals surface area contributed by atoms with Crippen molar-refractivity contribution in [3.8, 4) is 12.1 Å². The van der Waals surface area contributed by atoms with Crippen LogP contribution >= 0.6 is 0 Å². The van der Waals surface area contributed by atoms with Gasteiger partial charge in [0.1, 0.15) is 23.4 Å². The minimum atomic E-state index is -0.329. The minimum absolute atomic E-state index is 0.182. The number of hydrogen-bond donors (Lipinski definition) is 3. The van der Waals surface area contributed by atoms with E-state index in [0.717, 1.165) is 44.8 Å². The van der Waals surface area contributed by atoms with E-state index >= 15 is 0 Å². The smallest absolute Gasteiger partial charge is 0.213 e. The number of hydrogen-bond acceptors (Lipinski definition) is 8. The molecule has 0 unspecified atom stereocenters. The van der Waals surface area contributed by atoms with Crippen LogP contribution in [0.15, 0.2) is 34.5 Å². The molecule has 2 heterocycles. The number of pyridine rings is 1. The van der Waals surface area contributed by atoms with Gasteiger partial charge in [0.2, 0.25) is 5.82 Å². The SMILES string of the molecule is Cc1cc(C)c(Nc2nc(Nc3c(C)cc(C)cc3C)c(N=Nc3n[nH]c(C(C)(C)C)c3C#N)c(C)c2C#N)c(C)c1. The van der Waals surface area contributed by atoms with Crippen LogP contribution in [0.4, 0.5) is 34.5 Å². The largest absolute Gasteiger partial charge is 0.339 e. The monoisotopic (exact) mass is 559 g/mol. The standard InChI is InChI=1S/C33H37N9/c1-17-11-19(3)26(20(4)12-17)36-30-24(15-34)23(7)28(32(38-30)37-27-21(5)13-18(2)14-22(27)6)39-41-31-25(16-35)29(40-42-31)33(8,9)10/h11-14H,1-10H3,(H,40,42)(H2,36,37,38).